The second kappa shape index (κ2) is 9.05. The molecule has 0 unspecified atom stereocenters. The number of aromatic nitrogens is 1. The molecule has 7 heteroatoms. The highest BCUT2D eigenvalue weighted by Crippen LogP contribution is 2.23. The van der Waals surface area contributed by atoms with E-state index in [2.05, 4.69) is 10.5 Å². The summed E-state index contributed by atoms with van der Waals surface area (Å²) in [5.41, 5.74) is 1.34. The zero-order valence-electron chi connectivity index (χ0n) is 16.5. The number of para-hydroxylation sites is 1. The van der Waals surface area contributed by atoms with Crippen molar-refractivity contribution in [3.8, 4) is 11.5 Å². The molecule has 1 amide bonds. The van der Waals surface area contributed by atoms with Crippen LogP contribution in [0.5, 0.6) is 11.5 Å². The molecule has 1 heterocycles. The van der Waals surface area contributed by atoms with Gasteiger partial charge in [-0.15, -0.1) is 0 Å². The van der Waals surface area contributed by atoms with Crippen LogP contribution in [-0.2, 0) is 16.0 Å². The first kappa shape index (κ1) is 20.1. The molecule has 1 atom stereocenters. The van der Waals surface area contributed by atoms with Crippen molar-refractivity contribution in [2.45, 2.75) is 33.3 Å². The van der Waals surface area contributed by atoms with Gasteiger partial charge in [-0.2, -0.15) is 0 Å². The van der Waals surface area contributed by atoms with E-state index in [1.54, 1.807) is 31.2 Å². The van der Waals surface area contributed by atoms with Crippen LogP contribution in [-0.4, -0.2) is 23.1 Å². The second-order valence-electron chi connectivity index (χ2n) is 6.39. The van der Waals surface area contributed by atoms with Crippen LogP contribution < -0.4 is 10.1 Å². The van der Waals surface area contributed by atoms with Crippen LogP contribution in [0.1, 0.15) is 35.7 Å². The Labute approximate surface area is 168 Å². The van der Waals surface area contributed by atoms with Crippen molar-refractivity contribution in [2.24, 2.45) is 0 Å². The van der Waals surface area contributed by atoms with Gasteiger partial charge < -0.3 is 19.3 Å². The predicted octanol–water partition coefficient (Wildman–Crippen LogP) is 4.52. The summed E-state index contributed by atoms with van der Waals surface area (Å²) in [6, 6.07) is 16.3. The van der Waals surface area contributed by atoms with Crippen molar-refractivity contribution in [3.05, 3.63) is 71.6 Å². The van der Waals surface area contributed by atoms with Gasteiger partial charge in [0.15, 0.2) is 6.10 Å². The van der Waals surface area contributed by atoms with Crippen LogP contribution in [0.25, 0.3) is 0 Å². The van der Waals surface area contributed by atoms with Gasteiger partial charge in [-0.25, -0.2) is 4.79 Å². The van der Waals surface area contributed by atoms with E-state index in [0.717, 1.165) is 5.75 Å². The number of carbonyl (C=O) groups is 2. The SMILES string of the molecule is CCc1noc(C)c1C(=O)O[C@H](C)C(=O)Nc1ccc(Oc2ccccc2)cc1. The summed E-state index contributed by atoms with van der Waals surface area (Å²) >= 11 is 0. The fraction of sp³-hybridized carbons (Fsp3) is 0.227. The van der Waals surface area contributed by atoms with Crippen LogP contribution in [0.15, 0.2) is 59.1 Å². The molecule has 2 aromatic carbocycles. The van der Waals surface area contributed by atoms with Gasteiger partial charge in [0.25, 0.3) is 5.91 Å². The summed E-state index contributed by atoms with van der Waals surface area (Å²) in [4.78, 5) is 24.7. The first-order valence-corrected chi connectivity index (χ1v) is 9.28. The number of hydrogen-bond donors (Lipinski definition) is 1. The predicted molar refractivity (Wildman–Crippen MR) is 107 cm³/mol. The standard InChI is InChI=1S/C22H22N2O5/c1-4-19-20(14(2)29-24-19)22(26)27-15(3)21(25)23-16-10-12-18(13-11-16)28-17-8-6-5-7-9-17/h5-13,15H,4H2,1-3H3,(H,23,25)/t15-/m1/s1. The monoisotopic (exact) mass is 394 g/mol. The molecule has 0 fully saturated rings. The summed E-state index contributed by atoms with van der Waals surface area (Å²) in [7, 11) is 0. The molecule has 0 saturated carbocycles. The van der Waals surface area contributed by atoms with Crippen molar-refractivity contribution >= 4 is 17.6 Å². The van der Waals surface area contributed by atoms with Crippen LogP contribution in [0.3, 0.4) is 0 Å². The first-order chi connectivity index (χ1) is 14.0. The zero-order valence-corrected chi connectivity index (χ0v) is 16.5. The number of anilines is 1. The van der Waals surface area contributed by atoms with Gasteiger partial charge in [0.05, 0.1) is 5.69 Å². The van der Waals surface area contributed by atoms with Gasteiger partial charge in [-0.3, -0.25) is 4.79 Å². The summed E-state index contributed by atoms with van der Waals surface area (Å²) in [6.07, 6.45) is -0.457. The largest absolute Gasteiger partial charge is 0.457 e. The lowest BCUT2D eigenvalue weighted by Crippen LogP contribution is -2.30. The Hall–Kier alpha value is -3.61. The highest BCUT2D eigenvalue weighted by atomic mass is 16.5. The zero-order chi connectivity index (χ0) is 20.8. The molecule has 0 aliphatic carbocycles. The number of benzene rings is 2. The highest BCUT2D eigenvalue weighted by molar-refractivity contribution is 5.98. The lowest BCUT2D eigenvalue weighted by atomic mass is 10.1. The topological polar surface area (TPSA) is 90.7 Å². The van der Waals surface area contributed by atoms with E-state index in [1.807, 2.05) is 37.3 Å². The molecule has 0 saturated heterocycles. The van der Waals surface area contributed by atoms with Gasteiger partial charge in [-0.05, 0) is 56.7 Å². The number of aryl methyl sites for hydroxylation is 2. The van der Waals surface area contributed by atoms with Gasteiger partial charge in [0.2, 0.25) is 0 Å². The number of amides is 1. The quantitative estimate of drug-likeness (QED) is 0.593. The Bertz CT molecular complexity index is 980. The Morgan fingerprint density at radius 2 is 1.72 bits per heavy atom. The number of rotatable bonds is 7. The summed E-state index contributed by atoms with van der Waals surface area (Å²) < 4.78 is 16.0. The Morgan fingerprint density at radius 3 is 2.38 bits per heavy atom. The molecule has 0 aliphatic heterocycles. The number of esters is 1. The third-order valence-corrected chi connectivity index (χ3v) is 4.23. The Balaban J connectivity index is 1.58. The maximum absolute atomic E-state index is 12.4. The summed E-state index contributed by atoms with van der Waals surface area (Å²) in [6.45, 7) is 5.00. The van der Waals surface area contributed by atoms with Gasteiger partial charge >= 0.3 is 5.97 Å². The summed E-state index contributed by atoms with van der Waals surface area (Å²) in [5, 5.41) is 6.54. The minimum atomic E-state index is -0.984. The number of nitrogens with zero attached hydrogens (tertiary/aromatic N) is 1. The van der Waals surface area contributed by atoms with E-state index in [0.29, 0.717) is 29.3 Å². The third-order valence-electron chi connectivity index (χ3n) is 4.23. The maximum atomic E-state index is 12.4. The van der Waals surface area contributed by atoms with E-state index >= 15 is 0 Å². The molecule has 7 nitrogen and oxygen atoms in total. The average Bonchev–Trinajstić information content (AvgIpc) is 3.10. The number of carbonyl (C=O) groups excluding carboxylic acids is 2. The Morgan fingerprint density at radius 1 is 1.07 bits per heavy atom. The molecule has 29 heavy (non-hydrogen) atoms. The number of nitrogens with one attached hydrogen (secondary N) is 1. The van der Waals surface area contributed by atoms with Crippen LogP contribution in [0.2, 0.25) is 0 Å². The molecule has 3 rings (SSSR count). The fourth-order valence-corrected chi connectivity index (χ4v) is 2.67. The third kappa shape index (κ3) is 5.01. The van der Waals surface area contributed by atoms with Crippen molar-refractivity contribution < 1.29 is 23.6 Å². The van der Waals surface area contributed by atoms with Crippen molar-refractivity contribution in [3.63, 3.8) is 0 Å². The molecule has 150 valence electrons. The van der Waals surface area contributed by atoms with Crippen molar-refractivity contribution in [1.82, 2.24) is 5.16 Å². The molecule has 0 spiro atoms. The van der Waals surface area contributed by atoms with E-state index in [1.165, 1.54) is 6.92 Å². The van der Waals surface area contributed by atoms with Gasteiger partial charge in [0, 0.05) is 5.69 Å². The number of ether oxygens (including phenoxy) is 2. The van der Waals surface area contributed by atoms with E-state index in [9.17, 15) is 9.59 Å². The highest BCUT2D eigenvalue weighted by Gasteiger charge is 2.25. The summed E-state index contributed by atoms with van der Waals surface area (Å²) in [5.74, 6) is 0.662. The van der Waals surface area contributed by atoms with E-state index in [-0.39, 0.29) is 5.56 Å². The van der Waals surface area contributed by atoms with E-state index < -0.39 is 18.0 Å². The minimum absolute atomic E-state index is 0.273. The fourth-order valence-electron chi connectivity index (χ4n) is 2.67. The average molecular weight is 394 g/mol. The molecule has 3 aromatic rings. The molecule has 1 aromatic heterocycles. The lowest BCUT2D eigenvalue weighted by molar-refractivity contribution is -0.123. The van der Waals surface area contributed by atoms with E-state index in [4.69, 9.17) is 14.0 Å². The molecule has 0 bridgehead atoms. The molecule has 0 radical (unpaired) electrons. The lowest BCUT2D eigenvalue weighted by Gasteiger charge is -2.14. The van der Waals surface area contributed by atoms with Crippen molar-refractivity contribution in [2.75, 3.05) is 5.32 Å². The van der Waals surface area contributed by atoms with Gasteiger partial charge in [0.1, 0.15) is 22.8 Å². The smallest absolute Gasteiger partial charge is 0.344 e. The van der Waals surface area contributed by atoms with Crippen LogP contribution >= 0.6 is 0 Å². The normalized spacial score (nSPS) is 11.6. The molecule has 0 aliphatic rings. The van der Waals surface area contributed by atoms with Crippen molar-refractivity contribution in [1.29, 1.82) is 0 Å². The second-order valence-corrected chi connectivity index (χ2v) is 6.39. The van der Waals surface area contributed by atoms with Crippen LogP contribution in [0, 0.1) is 6.92 Å². The van der Waals surface area contributed by atoms with Gasteiger partial charge in [-0.1, -0.05) is 30.3 Å². The minimum Gasteiger partial charge on any atom is -0.457 e. The Kier molecular flexibility index (Phi) is 6.29. The molecular weight excluding hydrogens is 372 g/mol. The molecular formula is C22H22N2O5. The maximum Gasteiger partial charge on any atom is 0.344 e. The first-order valence-electron chi connectivity index (χ1n) is 9.28. The van der Waals surface area contributed by atoms with Crippen LogP contribution in [0.4, 0.5) is 5.69 Å². The number of hydrogen-bond acceptors (Lipinski definition) is 6. The molecule has 1 N–H and O–H groups in total.